The summed E-state index contributed by atoms with van der Waals surface area (Å²) >= 11 is 0. The lowest BCUT2D eigenvalue weighted by Gasteiger charge is -2.00. The van der Waals surface area contributed by atoms with Crippen LogP contribution in [0.5, 0.6) is 0 Å². The van der Waals surface area contributed by atoms with Crippen LogP contribution in [0.3, 0.4) is 0 Å². The van der Waals surface area contributed by atoms with Crippen molar-refractivity contribution in [2.24, 2.45) is 0 Å². The van der Waals surface area contributed by atoms with Crippen LogP contribution in [-0.2, 0) is 14.4 Å². The van der Waals surface area contributed by atoms with Crippen LogP contribution in [0.2, 0.25) is 0 Å². The first kappa shape index (κ1) is 24.6. The van der Waals surface area contributed by atoms with Crippen molar-refractivity contribution in [1.29, 1.82) is 0 Å². The maximum Gasteiger partial charge on any atom is 0.336 e. The SMILES string of the molecule is O.O=C(O)c1cccc2ccccc12.O=CO.O=CO.O=CO. The molecule has 2 rings (SSSR count). The molecule has 126 valence electrons. The minimum absolute atomic E-state index is 0. The predicted octanol–water partition coefficient (Wildman–Crippen LogP) is 0.816. The van der Waals surface area contributed by atoms with E-state index in [2.05, 4.69) is 0 Å². The molecule has 0 aliphatic rings. The third kappa shape index (κ3) is 10.9. The fourth-order valence-corrected chi connectivity index (χ4v) is 1.41. The largest absolute Gasteiger partial charge is 0.483 e. The van der Waals surface area contributed by atoms with E-state index >= 15 is 0 Å². The van der Waals surface area contributed by atoms with Crippen LogP contribution >= 0.6 is 0 Å². The quantitative estimate of drug-likeness (QED) is 0.555. The lowest BCUT2D eigenvalue weighted by atomic mass is 10.1. The molecule has 2 aromatic rings. The van der Waals surface area contributed by atoms with Gasteiger partial charge in [0.25, 0.3) is 19.4 Å². The molecule has 0 saturated carbocycles. The van der Waals surface area contributed by atoms with Gasteiger partial charge in [-0.15, -0.1) is 0 Å². The zero-order chi connectivity index (χ0) is 17.4. The van der Waals surface area contributed by atoms with Gasteiger partial charge in [-0.3, -0.25) is 14.4 Å². The first-order valence-corrected chi connectivity index (χ1v) is 5.48. The van der Waals surface area contributed by atoms with Crippen LogP contribution in [0, 0.1) is 0 Å². The van der Waals surface area contributed by atoms with Crippen molar-refractivity contribution in [3.05, 3.63) is 48.0 Å². The Kier molecular flexibility index (Phi) is 17.7. The van der Waals surface area contributed by atoms with Gasteiger partial charge in [-0.25, -0.2) is 4.79 Å². The van der Waals surface area contributed by atoms with E-state index in [0.29, 0.717) is 5.56 Å². The van der Waals surface area contributed by atoms with E-state index in [1.165, 1.54) is 0 Å². The minimum atomic E-state index is -0.878. The maximum atomic E-state index is 10.8. The summed E-state index contributed by atoms with van der Waals surface area (Å²) in [6.07, 6.45) is 0. The number of aromatic carboxylic acids is 1. The second kappa shape index (κ2) is 16.6. The van der Waals surface area contributed by atoms with Crippen LogP contribution in [0.1, 0.15) is 10.4 Å². The van der Waals surface area contributed by atoms with Crippen LogP contribution in [-0.4, -0.2) is 51.3 Å². The van der Waals surface area contributed by atoms with E-state index in [1.807, 2.05) is 30.3 Å². The van der Waals surface area contributed by atoms with E-state index in [9.17, 15) is 4.79 Å². The number of carbonyl (C=O) groups is 4. The molecule has 0 bridgehead atoms. The number of rotatable bonds is 1. The average Bonchev–Trinajstić information content (AvgIpc) is 2.49. The Labute approximate surface area is 130 Å². The summed E-state index contributed by atoms with van der Waals surface area (Å²) in [5.74, 6) is -0.878. The first-order chi connectivity index (χ1) is 10.5. The standard InChI is InChI=1S/C11H8O2.3CH2O2.H2O/c12-11(13)10-7-3-5-8-4-1-2-6-9(8)10;3*2-1-3;/h1-7H,(H,12,13);3*1H,(H,2,3);1H2. The molecule has 0 atom stereocenters. The van der Waals surface area contributed by atoms with Gasteiger partial charge in [-0.05, 0) is 16.8 Å². The number of carboxylic acid groups (broad SMARTS) is 4. The molecular formula is C14H16O9. The lowest BCUT2D eigenvalue weighted by Crippen LogP contribution is -1.96. The Morgan fingerprint density at radius 3 is 1.61 bits per heavy atom. The molecule has 0 radical (unpaired) electrons. The van der Waals surface area contributed by atoms with E-state index in [-0.39, 0.29) is 24.9 Å². The van der Waals surface area contributed by atoms with Crippen molar-refractivity contribution in [2.45, 2.75) is 0 Å². The first-order valence-electron chi connectivity index (χ1n) is 5.48. The Balaban J connectivity index is -0.000000340. The van der Waals surface area contributed by atoms with Crippen LogP contribution in [0.4, 0.5) is 0 Å². The van der Waals surface area contributed by atoms with Crippen molar-refractivity contribution in [3.63, 3.8) is 0 Å². The van der Waals surface area contributed by atoms with Gasteiger partial charge >= 0.3 is 5.97 Å². The molecular weight excluding hydrogens is 312 g/mol. The third-order valence-corrected chi connectivity index (χ3v) is 2.02. The second-order valence-corrected chi connectivity index (χ2v) is 3.15. The Hall–Kier alpha value is -3.46. The van der Waals surface area contributed by atoms with E-state index < -0.39 is 5.97 Å². The molecule has 0 aliphatic carbocycles. The molecule has 9 heteroatoms. The number of hydrogen-bond acceptors (Lipinski definition) is 4. The summed E-state index contributed by atoms with van der Waals surface area (Å²) in [7, 11) is 0. The fourth-order valence-electron chi connectivity index (χ4n) is 1.41. The van der Waals surface area contributed by atoms with Gasteiger partial charge in [0.15, 0.2) is 0 Å². The zero-order valence-corrected chi connectivity index (χ0v) is 11.7. The number of benzene rings is 2. The van der Waals surface area contributed by atoms with Crippen LogP contribution in [0.25, 0.3) is 10.8 Å². The van der Waals surface area contributed by atoms with Gasteiger partial charge in [0.05, 0.1) is 5.56 Å². The number of hydrogen-bond donors (Lipinski definition) is 4. The van der Waals surface area contributed by atoms with E-state index in [0.717, 1.165) is 10.8 Å². The maximum absolute atomic E-state index is 10.8. The van der Waals surface area contributed by atoms with Gasteiger partial charge in [-0.1, -0.05) is 36.4 Å². The third-order valence-electron chi connectivity index (χ3n) is 2.02. The van der Waals surface area contributed by atoms with Crippen molar-refractivity contribution < 1.29 is 45.1 Å². The van der Waals surface area contributed by atoms with Crippen LogP contribution in [0.15, 0.2) is 42.5 Å². The molecule has 0 unspecified atom stereocenters. The Morgan fingerprint density at radius 2 is 1.17 bits per heavy atom. The van der Waals surface area contributed by atoms with Crippen molar-refractivity contribution in [3.8, 4) is 0 Å². The molecule has 0 saturated heterocycles. The summed E-state index contributed by atoms with van der Waals surface area (Å²) in [5, 5.41) is 31.3. The van der Waals surface area contributed by atoms with Gasteiger partial charge in [0.1, 0.15) is 0 Å². The Bertz CT molecular complexity index is 576. The summed E-state index contributed by atoms with van der Waals surface area (Å²) in [6.45, 7) is -0.750. The molecule has 9 nitrogen and oxygen atoms in total. The molecule has 0 amide bonds. The zero-order valence-electron chi connectivity index (χ0n) is 11.7. The second-order valence-electron chi connectivity index (χ2n) is 3.15. The van der Waals surface area contributed by atoms with Gasteiger partial charge in [0.2, 0.25) is 0 Å². The summed E-state index contributed by atoms with van der Waals surface area (Å²) in [4.78, 5) is 35.9. The monoisotopic (exact) mass is 328 g/mol. The van der Waals surface area contributed by atoms with Gasteiger partial charge in [0, 0.05) is 0 Å². The summed E-state index contributed by atoms with van der Waals surface area (Å²) < 4.78 is 0. The van der Waals surface area contributed by atoms with Crippen molar-refractivity contribution in [2.75, 3.05) is 0 Å². The highest BCUT2D eigenvalue weighted by Crippen LogP contribution is 2.17. The predicted molar refractivity (Wildman–Crippen MR) is 80.6 cm³/mol. The molecule has 0 spiro atoms. The summed E-state index contributed by atoms with van der Waals surface area (Å²) in [5.41, 5.74) is 0.359. The lowest BCUT2D eigenvalue weighted by molar-refractivity contribution is -0.123. The highest BCUT2D eigenvalue weighted by molar-refractivity contribution is 6.03. The molecule has 2 aromatic carbocycles. The smallest absolute Gasteiger partial charge is 0.336 e. The van der Waals surface area contributed by atoms with E-state index in [1.54, 1.807) is 12.1 Å². The highest BCUT2D eigenvalue weighted by atomic mass is 16.4. The van der Waals surface area contributed by atoms with Gasteiger partial charge < -0.3 is 25.9 Å². The number of carboxylic acids is 1. The minimum Gasteiger partial charge on any atom is -0.483 e. The average molecular weight is 328 g/mol. The molecule has 0 aromatic heterocycles. The van der Waals surface area contributed by atoms with Crippen molar-refractivity contribution in [1.82, 2.24) is 0 Å². The molecule has 0 heterocycles. The fraction of sp³-hybridized carbons (Fsp3) is 0. The normalized spacial score (nSPS) is 7.30. The number of fused-ring (bicyclic) bond motifs is 1. The molecule has 23 heavy (non-hydrogen) atoms. The summed E-state index contributed by atoms with van der Waals surface area (Å²) in [6, 6.07) is 12.7. The molecule has 0 fully saturated rings. The molecule has 0 aliphatic heterocycles. The van der Waals surface area contributed by atoms with Gasteiger partial charge in [-0.2, -0.15) is 0 Å². The highest BCUT2D eigenvalue weighted by Gasteiger charge is 2.05. The van der Waals surface area contributed by atoms with E-state index in [4.69, 9.17) is 34.8 Å². The Morgan fingerprint density at radius 1 is 0.783 bits per heavy atom. The topological polar surface area (TPSA) is 181 Å². The van der Waals surface area contributed by atoms with Crippen LogP contribution < -0.4 is 0 Å². The van der Waals surface area contributed by atoms with Crippen molar-refractivity contribution >= 4 is 36.2 Å². The molecule has 6 N–H and O–H groups in total.